The maximum atomic E-state index is 11.4. The fraction of sp³-hybridized carbons (Fsp3) is 0.857. The third-order valence-electron chi connectivity index (χ3n) is 2.22. The first-order chi connectivity index (χ1) is 7.50. The van der Waals surface area contributed by atoms with E-state index in [0.717, 1.165) is 0 Å². The first kappa shape index (κ1) is 13.2. The summed E-state index contributed by atoms with van der Waals surface area (Å²) in [6, 6.07) is -1.38. The Bertz CT molecular complexity index is 372. The Balaban J connectivity index is 2.61. The summed E-state index contributed by atoms with van der Waals surface area (Å²) in [4.78, 5) is 21.9. The van der Waals surface area contributed by atoms with Gasteiger partial charge in [0.2, 0.25) is 0 Å². The topological polar surface area (TPSA) is 95.9 Å². The fourth-order valence-electron chi connectivity index (χ4n) is 1.47. The van der Waals surface area contributed by atoms with Crippen LogP contribution in [0.3, 0.4) is 0 Å². The number of nitroso groups, excluding NO2 is 1. The van der Waals surface area contributed by atoms with Gasteiger partial charge in [-0.2, -0.15) is 5.01 Å². The lowest BCUT2D eigenvalue weighted by Gasteiger charge is -2.19. The number of carbonyl (C=O) groups excluding carboxylic acids is 1. The van der Waals surface area contributed by atoms with Crippen LogP contribution in [0.25, 0.3) is 0 Å². The van der Waals surface area contributed by atoms with Gasteiger partial charge in [-0.1, -0.05) is 0 Å². The Morgan fingerprint density at radius 3 is 2.69 bits per heavy atom. The highest BCUT2D eigenvalue weighted by Crippen LogP contribution is 2.17. The number of nitrogens with zero attached hydrogens (tertiary/aromatic N) is 2. The smallest absolute Gasteiger partial charge is 0.335 e. The molecule has 1 fully saturated rings. The van der Waals surface area contributed by atoms with E-state index >= 15 is 0 Å². The number of halogens is 1. The van der Waals surface area contributed by atoms with Gasteiger partial charge in [-0.05, 0) is 6.42 Å². The van der Waals surface area contributed by atoms with Crippen molar-refractivity contribution < 1.29 is 13.2 Å². The predicted molar refractivity (Wildman–Crippen MR) is 58.8 cm³/mol. The van der Waals surface area contributed by atoms with E-state index in [-0.39, 0.29) is 30.4 Å². The van der Waals surface area contributed by atoms with E-state index in [1.54, 1.807) is 0 Å². The molecule has 0 bridgehead atoms. The van der Waals surface area contributed by atoms with Crippen molar-refractivity contribution in [2.24, 2.45) is 5.29 Å². The second-order valence-electron chi connectivity index (χ2n) is 3.40. The molecular formula is C7H12ClN3O4S. The standard InChI is InChI=1S/C7H12ClN3O4S/c8-2-3-9-7(12)11(10-13)6-1-4-16(14,15)5-6/h6H,1-5H2,(H,9,12). The zero-order valence-electron chi connectivity index (χ0n) is 8.43. The van der Waals surface area contributed by atoms with Gasteiger partial charge in [0, 0.05) is 12.4 Å². The van der Waals surface area contributed by atoms with Crippen molar-refractivity contribution in [2.45, 2.75) is 12.5 Å². The summed E-state index contributed by atoms with van der Waals surface area (Å²) in [5, 5.41) is 5.54. The van der Waals surface area contributed by atoms with Crippen LogP contribution in [-0.4, -0.2) is 49.4 Å². The largest absolute Gasteiger partial charge is 0.340 e. The number of hydrogen-bond acceptors (Lipinski definition) is 5. The summed E-state index contributed by atoms with van der Waals surface area (Å²) in [6.07, 6.45) is 0.238. The van der Waals surface area contributed by atoms with Crippen molar-refractivity contribution >= 4 is 27.5 Å². The fourth-order valence-corrected chi connectivity index (χ4v) is 3.26. The summed E-state index contributed by atoms with van der Waals surface area (Å²) in [7, 11) is -3.15. The molecular weight excluding hydrogens is 258 g/mol. The number of nitrogens with one attached hydrogen (secondary N) is 1. The van der Waals surface area contributed by atoms with E-state index in [9.17, 15) is 18.1 Å². The number of rotatable bonds is 4. The van der Waals surface area contributed by atoms with E-state index in [2.05, 4.69) is 10.6 Å². The van der Waals surface area contributed by atoms with E-state index in [0.29, 0.717) is 5.01 Å². The lowest BCUT2D eigenvalue weighted by molar-refractivity contribution is 0.182. The molecule has 1 N–H and O–H groups in total. The quantitative estimate of drug-likeness (QED) is 0.445. The second kappa shape index (κ2) is 5.44. The Hall–Kier alpha value is -0.890. The van der Waals surface area contributed by atoms with Crippen LogP contribution in [0.4, 0.5) is 4.79 Å². The number of alkyl halides is 1. The van der Waals surface area contributed by atoms with Crippen LogP contribution in [0.2, 0.25) is 0 Å². The predicted octanol–water partition coefficient (Wildman–Crippen LogP) is 0.105. The van der Waals surface area contributed by atoms with Gasteiger partial charge in [-0.15, -0.1) is 16.5 Å². The minimum Gasteiger partial charge on any atom is -0.335 e. The summed E-state index contributed by atoms with van der Waals surface area (Å²) in [5.74, 6) is -0.0269. The van der Waals surface area contributed by atoms with Gasteiger partial charge < -0.3 is 5.32 Å². The molecule has 1 atom stereocenters. The third kappa shape index (κ3) is 3.31. The molecule has 2 amide bonds. The van der Waals surface area contributed by atoms with Crippen LogP contribution in [0.1, 0.15) is 6.42 Å². The molecule has 0 radical (unpaired) electrons. The number of amides is 2. The number of sulfone groups is 1. The molecule has 7 nitrogen and oxygen atoms in total. The van der Waals surface area contributed by atoms with Crippen LogP contribution >= 0.6 is 11.6 Å². The Labute approximate surface area is 98.0 Å². The van der Waals surface area contributed by atoms with Crippen molar-refractivity contribution in [1.29, 1.82) is 0 Å². The van der Waals surface area contributed by atoms with Gasteiger partial charge in [-0.25, -0.2) is 13.2 Å². The van der Waals surface area contributed by atoms with Gasteiger partial charge in [0.25, 0.3) is 0 Å². The first-order valence-corrected chi connectivity index (χ1v) is 7.02. The molecule has 16 heavy (non-hydrogen) atoms. The lowest BCUT2D eigenvalue weighted by atomic mass is 10.2. The molecule has 1 rings (SSSR count). The highest BCUT2D eigenvalue weighted by Gasteiger charge is 2.35. The lowest BCUT2D eigenvalue weighted by Crippen LogP contribution is -2.43. The average Bonchev–Trinajstić information content (AvgIpc) is 2.57. The maximum Gasteiger partial charge on any atom is 0.340 e. The van der Waals surface area contributed by atoms with Crippen LogP contribution in [0.5, 0.6) is 0 Å². The zero-order valence-corrected chi connectivity index (χ0v) is 10.00. The Morgan fingerprint density at radius 2 is 2.25 bits per heavy atom. The van der Waals surface area contributed by atoms with Gasteiger partial charge in [-0.3, -0.25) is 0 Å². The van der Waals surface area contributed by atoms with Gasteiger partial charge in [0.1, 0.15) is 0 Å². The van der Waals surface area contributed by atoms with Gasteiger partial charge >= 0.3 is 6.03 Å². The van der Waals surface area contributed by atoms with Crippen LogP contribution in [0.15, 0.2) is 5.29 Å². The van der Waals surface area contributed by atoms with Crippen LogP contribution in [-0.2, 0) is 9.84 Å². The highest BCUT2D eigenvalue weighted by molar-refractivity contribution is 7.91. The molecule has 0 saturated carbocycles. The molecule has 1 saturated heterocycles. The summed E-state index contributed by atoms with van der Waals surface area (Å²) in [5.41, 5.74) is 0. The molecule has 1 heterocycles. The Kier molecular flexibility index (Phi) is 4.48. The number of urea groups is 1. The summed E-state index contributed by atoms with van der Waals surface area (Å²) in [6.45, 7) is 0.200. The monoisotopic (exact) mass is 269 g/mol. The molecule has 0 aliphatic carbocycles. The van der Waals surface area contributed by atoms with Crippen LogP contribution < -0.4 is 5.32 Å². The summed E-state index contributed by atoms with van der Waals surface area (Å²) >= 11 is 5.36. The molecule has 1 aliphatic heterocycles. The average molecular weight is 270 g/mol. The minimum atomic E-state index is -3.15. The molecule has 0 spiro atoms. The van der Waals surface area contributed by atoms with Crippen molar-refractivity contribution in [3.05, 3.63) is 4.91 Å². The maximum absolute atomic E-state index is 11.4. The SMILES string of the molecule is O=NN(C(=O)NCCCl)C1CCS(=O)(=O)C1. The second-order valence-corrected chi connectivity index (χ2v) is 6.01. The molecule has 0 aromatic heterocycles. The molecule has 92 valence electrons. The zero-order chi connectivity index (χ0) is 12.2. The molecule has 1 aliphatic rings. The van der Waals surface area contributed by atoms with Gasteiger partial charge in [0.15, 0.2) is 9.84 Å². The normalized spacial score (nSPS) is 22.7. The van der Waals surface area contributed by atoms with E-state index in [1.807, 2.05) is 0 Å². The molecule has 0 aromatic carbocycles. The third-order valence-corrected chi connectivity index (χ3v) is 4.16. The Morgan fingerprint density at radius 1 is 1.56 bits per heavy atom. The van der Waals surface area contributed by atoms with Crippen molar-refractivity contribution in [3.8, 4) is 0 Å². The minimum absolute atomic E-state index is 0.0214. The summed E-state index contributed by atoms with van der Waals surface area (Å²) < 4.78 is 22.3. The van der Waals surface area contributed by atoms with E-state index in [4.69, 9.17) is 11.6 Å². The molecule has 1 unspecified atom stereocenters. The first-order valence-electron chi connectivity index (χ1n) is 4.67. The number of hydrogen-bond donors (Lipinski definition) is 1. The van der Waals surface area contributed by atoms with Crippen molar-refractivity contribution in [3.63, 3.8) is 0 Å². The van der Waals surface area contributed by atoms with Gasteiger partial charge in [0.05, 0.1) is 22.8 Å². The molecule has 0 aromatic rings. The van der Waals surface area contributed by atoms with Crippen molar-refractivity contribution in [2.75, 3.05) is 23.9 Å². The highest BCUT2D eigenvalue weighted by atomic mass is 35.5. The number of carbonyl (C=O) groups is 1. The van der Waals surface area contributed by atoms with E-state index < -0.39 is 21.9 Å². The van der Waals surface area contributed by atoms with Crippen molar-refractivity contribution in [1.82, 2.24) is 10.3 Å². The van der Waals surface area contributed by atoms with Crippen LogP contribution in [0, 0.1) is 4.91 Å². The van der Waals surface area contributed by atoms with E-state index in [1.165, 1.54) is 0 Å². The molecule has 9 heteroatoms.